The van der Waals surface area contributed by atoms with Gasteiger partial charge in [0.05, 0.1) is 24.3 Å². The Balaban J connectivity index is 1.84. The van der Waals surface area contributed by atoms with Crippen LogP contribution < -0.4 is 4.74 Å². The molecule has 3 nitrogen and oxygen atoms in total. The predicted molar refractivity (Wildman–Crippen MR) is 64.5 cm³/mol. The van der Waals surface area contributed by atoms with Gasteiger partial charge in [-0.3, -0.25) is 0 Å². The third kappa shape index (κ3) is 3.63. The molecule has 18 heavy (non-hydrogen) atoms. The monoisotopic (exact) mass is 322 g/mol. The van der Waals surface area contributed by atoms with E-state index < -0.39 is 11.6 Å². The average Bonchev–Trinajstić information content (AvgIpc) is 2.37. The molecule has 0 radical (unpaired) electrons. The molecule has 1 aromatic carbocycles. The standard InChI is InChI=1S/C12H13BrF2O3/c13-8-6-10(15)11(7-9(8)14)16-5-2-12-17-3-1-4-18-12/h6-7,12H,1-5H2. The van der Waals surface area contributed by atoms with Gasteiger partial charge in [-0.2, -0.15) is 0 Å². The summed E-state index contributed by atoms with van der Waals surface area (Å²) in [7, 11) is 0. The Kier molecular flexibility index (Phi) is 4.91. The van der Waals surface area contributed by atoms with E-state index in [2.05, 4.69) is 15.9 Å². The lowest BCUT2D eigenvalue weighted by Gasteiger charge is -2.23. The molecular weight excluding hydrogens is 310 g/mol. The van der Waals surface area contributed by atoms with E-state index in [4.69, 9.17) is 14.2 Å². The largest absolute Gasteiger partial charge is 0.490 e. The first-order chi connectivity index (χ1) is 8.66. The molecule has 0 bridgehead atoms. The molecule has 2 rings (SSSR count). The molecule has 0 amide bonds. The Morgan fingerprint density at radius 3 is 2.67 bits per heavy atom. The number of ether oxygens (including phenoxy) is 3. The Bertz CT molecular complexity index is 409. The van der Waals surface area contributed by atoms with Crippen molar-refractivity contribution in [2.24, 2.45) is 0 Å². The molecule has 0 unspecified atom stereocenters. The van der Waals surface area contributed by atoms with Gasteiger partial charge in [0.2, 0.25) is 0 Å². The van der Waals surface area contributed by atoms with Crippen LogP contribution in [0.3, 0.4) is 0 Å². The lowest BCUT2D eigenvalue weighted by atomic mass is 10.3. The second kappa shape index (κ2) is 6.45. The number of rotatable bonds is 4. The van der Waals surface area contributed by atoms with Crippen LogP contribution in [0.5, 0.6) is 5.75 Å². The summed E-state index contributed by atoms with van der Waals surface area (Å²) in [6.07, 6.45) is 1.04. The zero-order chi connectivity index (χ0) is 13.0. The fraction of sp³-hybridized carbons (Fsp3) is 0.500. The number of hydrogen-bond donors (Lipinski definition) is 0. The molecule has 0 saturated carbocycles. The van der Waals surface area contributed by atoms with E-state index >= 15 is 0 Å². The first kappa shape index (κ1) is 13.7. The Morgan fingerprint density at radius 1 is 1.22 bits per heavy atom. The number of halogens is 3. The van der Waals surface area contributed by atoms with E-state index in [1.54, 1.807) is 0 Å². The topological polar surface area (TPSA) is 27.7 Å². The molecule has 0 atom stereocenters. The smallest absolute Gasteiger partial charge is 0.166 e. The van der Waals surface area contributed by atoms with Gasteiger partial charge in [0.25, 0.3) is 0 Å². The molecule has 1 heterocycles. The maximum atomic E-state index is 13.4. The number of benzene rings is 1. The zero-order valence-electron chi connectivity index (χ0n) is 9.63. The van der Waals surface area contributed by atoms with E-state index in [1.165, 1.54) is 0 Å². The number of hydrogen-bond acceptors (Lipinski definition) is 3. The van der Waals surface area contributed by atoms with E-state index in [1.807, 2.05) is 0 Å². The summed E-state index contributed by atoms with van der Waals surface area (Å²) in [4.78, 5) is 0. The molecule has 1 fully saturated rings. The molecule has 0 N–H and O–H groups in total. The highest BCUT2D eigenvalue weighted by atomic mass is 79.9. The van der Waals surface area contributed by atoms with Crippen molar-refractivity contribution in [1.82, 2.24) is 0 Å². The summed E-state index contributed by atoms with van der Waals surface area (Å²) >= 11 is 2.90. The first-order valence-electron chi connectivity index (χ1n) is 5.67. The van der Waals surface area contributed by atoms with Gasteiger partial charge in [0.15, 0.2) is 17.9 Å². The van der Waals surface area contributed by atoms with Crippen LogP contribution >= 0.6 is 15.9 Å². The predicted octanol–water partition coefficient (Wildman–Crippen LogP) is 3.26. The molecule has 1 saturated heterocycles. The first-order valence-corrected chi connectivity index (χ1v) is 6.46. The minimum absolute atomic E-state index is 0.0753. The summed E-state index contributed by atoms with van der Waals surface area (Å²) in [6, 6.07) is 2.06. The molecule has 1 aliphatic heterocycles. The fourth-order valence-electron chi connectivity index (χ4n) is 1.58. The maximum Gasteiger partial charge on any atom is 0.166 e. The summed E-state index contributed by atoms with van der Waals surface area (Å²) in [5, 5.41) is 0. The summed E-state index contributed by atoms with van der Waals surface area (Å²) < 4.78 is 42.5. The van der Waals surface area contributed by atoms with Gasteiger partial charge in [0.1, 0.15) is 5.82 Å². The van der Waals surface area contributed by atoms with E-state index in [-0.39, 0.29) is 23.1 Å². The van der Waals surface area contributed by atoms with Crippen LogP contribution in [0.2, 0.25) is 0 Å². The van der Waals surface area contributed by atoms with Crippen molar-refractivity contribution in [2.45, 2.75) is 19.1 Å². The Morgan fingerprint density at radius 2 is 1.94 bits per heavy atom. The highest BCUT2D eigenvalue weighted by Crippen LogP contribution is 2.25. The summed E-state index contributed by atoms with van der Waals surface area (Å²) in [6.45, 7) is 1.53. The second-order valence-corrected chi connectivity index (χ2v) is 4.71. The van der Waals surface area contributed by atoms with Crippen molar-refractivity contribution in [3.05, 3.63) is 28.2 Å². The van der Waals surface area contributed by atoms with E-state index in [0.717, 1.165) is 18.6 Å². The fourth-order valence-corrected chi connectivity index (χ4v) is 1.90. The summed E-state index contributed by atoms with van der Waals surface area (Å²) in [5.74, 6) is -1.27. The Hall–Kier alpha value is -0.720. The van der Waals surface area contributed by atoms with E-state index in [9.17, 15) is 8.78 Å². The third-order valence-electron chi connectivity index (χ3n) is 2.48. The molecule has 1 aliphatic rings. The normalized spacial score (nSPS) is 16.8. The van der Waals surface area contributed by atoms with Gasteiger partial charge >= 0.3 is 0 Å². The van der Waals surface area contributed by atoms with Crippen LogP contribution in [-0.2, 0) is 9.47 Å². The van der Waals surface area contributed by atoms with Crippen LogP contribution in [0.1, 0.15) is 12.8 Å². The average molecular weight is 323 g/mol. The zero-order valence-corrected chi connectivity index (χ0v) is 11.2. The van der Waals surface area contributed by atoms with Crippen LogP contribution in [0.25, 0.3) is 0 Å². The van der Waals surface area contributed by atoms with Crippen molar-refractivity contribution in [1.29, 1.82) is 0 Å². The lowest BCUT2D eigenvalue weighted by molar-refractivity contribution is -0.183. The van der Waals surface area contributed by atoms with Gasteiger partial charge < -0.3 is 14.2 Å². The van der Waals surface area contributed by atoms with Gasteiger partial charge in [-0.1, -0.05) is 0 Å². The van der Waals surface area contributed by atoms with E-state index in [0.29, 0.717) is 19.6 Å². The molecule has 0 spiro atoms. The van der Waals surface area contributed by atoms with Crippen LogP contribution in [0.4, 0.5) is 8.78 Å². The van der Waals surface area contributed by atoms with Crippen LogP contribution in [0, 0.1) is 11.6 Å². The van der Waals surface area contributed by atoms with Crippen molar-refractivity contribution in [3.8, 4) is 5.75 Å². The van der Waals surface area contributed by atoms with Gasteiger partial charge in [-0.05, 0) is 28.4 Å². The van der Waals surface area contributed by atoms with Crippen molar-refractivity contribution < 1.29 is 23.0 Å². The molecular formula is C12H13BrF2O3. The quantitative estimate of drug-likeness (QED) is 0.796. The molecule has 0 aromatic heterocycles. The van der Waals surface area contributed by atoms with Crippen molar-refractivity contribution >= 4 is 15.9 Å². The summed E-state index contributed by atoms with van der Waals surface area (Å²) in [5.41, 5.74) is 0. The van der Waals surface area contributed by atoms with Gasteiger partial charge in [-0.25, -0.2) is 8.78 Å². The highest BCUT2D eigenvalue weighted by molar-refractivity contribution is 9.10. The van der Waals surface area contributed by atoms with Crippen molar-refractivity contribution in [3.63, 3.8) is 0 Å². The second-order valence-electron chi connectivity index (χ2n) is 3.86. The highest BCUT2D eigenvalue weighted by Gasteiger charge is 2.15. The van der Waals surface area contributed by atoms with Crippen LogP contribution in [-0.4, -0.2) is 26.1 Å². The van der Waals surface area contributed by atoms with Gasteiger partial charge in [0, 0.05) is 12.5 Å². The lowest BCUT2D eigenvalue weighted by Crippen LogP contribution is -2.26. The molecule has 100 valence electrons. The van der Waals surface area contributed by atoms with Gasteiger partial charge in [-0.15, -0.1) is 0 Å². The molecule has 0 aliphatic carbocycles. The van der Waals surface area contributed by atoms with Crippen molar-refractivity contribution in [2.75, 3.05) is 19.8 Å². The van der Waals surface area contributed by atoms with Crippen LogP contribution in [0.15, 0.2) is 16.6 Å². The minimum Gasteiger partial charge on any atom is -0.490 e. The molecule has 1 aromatic rings. The minimum atomic E-state index is -0.603. The SMILES string of the molecule is Fc1cc(OCCC2OCCCO2)c(F)cc1Br. The molecule has 6 heteroatoms. The maximum absolute atomic E-state index is 13.4. The third-order valence-corrected chi connectivity index (χ3v) is 3.09. The Labute approximate surface area is 112 Å².